The number of hydrogen-bond acceptors (Lipinski definition) is 3. The van der Waals surface area contributed by atoms with Crippen LogP contribution in [0.1, 0.15) is 0 Å². The summed E-state index contributed by atoms with van der Waals surface area (Å²) in [5, 5.41) is 0. The average Bonchev–Trinajstić information content (AvgIpc) is 1.61. The minimum absolute atomic E-state index is 0. The number of hydrogen-bond donors (Lipinski definition) is 3. The van der Waals surface area contributed by atoms with E-state index in [4.69, 9.17) is 17.5 Å². The van der Waals surface area contributed by atoms with Gasteiger partial charge in [-0.1, -0.05) is 6.58 Å². The molecule has 0 atom stereocenters. The van der Waals surface area contributed by atoms with Gasteiger partial charge in [0.05, 0.1) is 0 Å². The van der Waals surface area contributed by atoms with E-state index in [2.05, 4.69) is 12.3 Å². The third-order valence-corrected chi connectivity index (χ3v) is 0.201. The molecule has 62 valence electrons. The van der Waals surface area contributed by atoms with Crippen molar-refractivity contribution < 1.29 is 22.3 Å². The molecule has 11 heavy (non-hydrogen) atoms. The summed E-state index contributed by atoms with van der Waals surface area (Å²) in [5.74, 6) is -0.481. The van der Waals surface area contributed by atoms with Crippen molar-refractivity contribution in [2.24, 2.45) is 5.73 Å². The molecule has 0 aromatic rings. The molecule has 0 rings (SSSR count). The zero-order valence-electron chi connectivity index (χ0n) is 4.89. The molecular weight excluding hydrogens is 185 g/mol. The Kier molecular flexibility index (Phi) is 12.8. The van der Waals surface area contributed by atoms with Crippen LogP contribution < -0.4 is 5.73 Å². The van der Waals surface area contributed by atoms with Crippen LogP contribution >= 0.6 is 0 Å². The van der Waals surface area contributed by atoms with Crippen molar-refractivity contribution in [1.82, 2.24) is 0 Å². The van der Waals surface area contributed by atoms with Crippen LogP contribution in [0.25, 0.3) is 0 Å². The topological polar surface area (TPSA) is 118 Å². The van der Waals surface area contributed by atoms with Gasteiger partial charge in [-0.15, -0.1) is 0 Å². The third-order valence-electron chi connectivity index (χ3n) is 0.201. The van der Waals surface area contributed by atoms with E-state index in [1.807, 2.05) is 0 Å². The Balaban J connectivity index is -0.000000107. The fourth-order valence-electron chi connectivity index (χ4n) is 0. The number of rotatable bonds is 1. The molecule has 0 saturated heterocycles. The molecule has 0 aromatic carbocycles. The van der Waals surface area contributed by atoms with Crippen LogP contribution in [0.2, 0.25) is 0 Å². The molecule has 0 saturated carbocycles. The van der Waals surface area contributed by atoms with Crippen LogP contribution in [0, 0.1) is 0 Å². The van der Waals surface area contributed by atoms with E-state index in [1.165, 1.54) is 0 Å². The summed E-state index contributed by atoms with van der Waals surface area (Å²) in [4.78, 5) is 9.47. The summed E-state index contributed by atoms with van der Waals surface area (Å²) in [6.07, 6.45) is 1.06. The zero-order valence-corrected chi connectivity index (χ0v) is 5.71. The Morgan fingerprint density at radius 1 is 1.45 bits per heavy atom. The number of carbonyl (C=O) groups is 1. The first-order chi connectivity index (χ1) is 4.27. The van der Waals surface area contributed by atoms with Crippen molar-refractivity contribution in [2.45, 2.75) is 0 Å². The molecule has 0 spiro atoms. The van der Waals surface area contributed by atoms with Gasteiger partial charge >= 0.3 is 40.0 Å². The van der Waals surface area contributed by atoms with E-state index in [-0.39, 0.29) is 29.6 Å². The molecular formula is C3H8NNaO5S. The van der Waals surface area contributed by atoms with Gasteiger partial charge in [-0.3, -0.25) is 13.9 Å². The van der Waals surface area contributed by atoms with E-state index < -0.39 is 16.3 Å². The molecule has 0 aliphatic heterocycles. The summed E-state index contributed by atoms with van der Waals surface area (Å²) in [5.41, 5.74) is 4.53. The molecule has 1 amide bonds. The van der Waals surface area contributed by atoms with E-state index in [0.29, 0.717) is 0 Å². The van der Waals surface area contributed by atoms with Crippen molar-refractivity contribution >= 4 is 45.9 Å². The molecule has 0 heterocycles. The Morgan fingerprint density at radius 3 is 1.55 bits per heavy atom. The van der Waals surface area contributed by atoms with E-state index in [0.717, 1.165) is 6.08 Å². The van der Waals surface area contributed by atoms with Gasteiger partial charge in [-0.2, -0.15) is 8.42 Å². The SMILES string of the molecule is C=CC(N)=O.O=S(=O)(O)O.[NaH]. The van der Waals surface area contributed by atoms with Crippen LogP contribution in [0.15, 0.2) is 12.7 Å². The second-order valence-electron chi connectivity index (χ2n) is 1.05. The van der Waals surface area contributed by atoms with Crippen LogP contribution in [0.3, 0.4) is 0 Å². The predicted molar refractivity (Wildman–Crippen MR) is 40.7 cm³/mol. The maximum absolute atomic E-state index is 9.47. The van der Waals surface area contributed by atoms with Gasteiger partial charge in [0, 0.05) is 0 Å². The zero-order chi connectivity index (χ0) is 8.78. The van der Waals surface area contributed by atoms with Crippen LogP contribution in [0.5, 0.6) is 0 Å². The summed E-state index contributed by atoms with van der Waals surface area (Å²) in [6, 6.07) is 0. The predicted octanol–water partition coefficient (Wildman–Crippen LogP) is -1.64. The molecule has 0 aliphatic rings. The average molecular weight is 193 g/mol. The normalized spacial score (nSPS) is 8.18. The third kappa shape index (κ3) is 152. The molecule has 6 nitrogen and oxygen atoms in total. The Hall–Kier alpha value is 0.0800. The Labute approximate surface area is 86.3 Å². The van der Waals surface area contributed by atoms with E-state index in [1.54, 1.807) is 0 Å². The van der Waals surface area contributed by atoms with E-state index in [9.17, 15) is 4.79 Å². The summed E-state index contributed by atoms with van der Waals surface area (Å²) >= 11 is 0. The maximum atomic E-state index is 9.47. The number of primary amides is 1. The molecule has 0 fully saturated rings. The van der Waals surface area contributed by atoms with Gasteiger partial charge < -0.3 is 5.73 Å². The second kappa shape index (κ2) is 8.18. The monoisotopic (exact) mass is 193 g/mol. The molecule has 8 heteroatoms. The Bertz CT molecular complexity index is 202. The van der Waals surface area contributed by atoms with Crippen LogP contribution in [-0.2, 0) is 15.2 Å². The van der Waals surface area contributed by atoms with Crippen molar-refractivity contribution in [3.8, 4) is 0 Å². The number of nitrogens with two attached hydrogens (primary N) is 1. The number of amides is 1. The fourth-order valence-corrected chi connectivity index (χ4v) is 0. The first-order valence-corrected chi connectivity index (χ1v) is 3.29. The fraction of sp³-hybridized carbons (Fsp3) is 0. The summed E-state index contributed by atoms with van der Waals surface area (Å²) < 4.78 is 31.6. The van der Waals surface area contributed by atoms with Crippen LogP contribution in [0.4, 0.5) is 0 Å². The van der Waals surface area contributed by atoms with Gasteiger partial charge in [0.2, 0.25) is 5.91 Å². The summed E-state index contributed by atoms with van der Waals surface area (Å²) in [6.45, 7) is 3.09. The molecule has 0 radical (unpaired) electrons. The molecule has 0 unspecified atom stereocenters. The van der Waals surface area contributed by atoms with Crippen molar-refractivity contribution in [1.29, 1.82) is 0 Å². The van der Waals surface area contributed by atoms with Gasteiger partial charge in [-0.05, 0) is 6.08 Å². The van der Waals surface area contributed by atoms with Gasteiger partial charge in [0.1, 0.15) is 0 Å². The van der Waals surface area contributed by atoms with Crippen molar-refractivity contribution in [2.75, 3.05) is 0 Å². The Morgan fingerprint density at radius 2 is 1.55 bits per heavy atom. The van der Waals surface area contributed by atoms with Gasteiger partial charge in [-0.25, -0.2) is 0 Å². The standard InChI is InChI=1S/C3H5NO.Na.H2O4S.H/c1-2-3(4)5;;1-5(2,3)4;/h2H,1H2,(H2,4,5);;(H2,1,2,3,4);. The molecule has 0 bridgehead atoms. The number of carbonyl (C=O) groups excluding carboxylic acids is 1. The van der Waals surface area contributed by atoms with Crippen LogP contribution in [-0.4, -0.2) is 53.0 Å². The summed E-state index contributed by atoms with van der Waals surface area (Å²) in [7, 11) is -4.67. The first-order valence-electron chi connectivity index (χ1n) is 1.89. The first kappa shape index (κ1) is 17.2. The minimum atomic E-state index is -4.67. The molecule has 0 aromatic heterocycles. The van der Waals surface area contributed by atoms with Crippen molar-refractivity contribution in [3.05, 3.63) is 12.7 Å². The molecule has 4 N–H and O–H groups in total. The molecule has 0 aliphatic carbocycles. The second-order valence-corrected chi connectivity index (χ2v) is 1.95. The van der Waals surface area contributed by atoms with E-state index >= 15 is 0 Å². The van der Waals surface area contributed by atoms with Gasteiger partial charge in [0.25, 0.3) is 0 Å². The van der Waals surface area contributed by atoms with Gasteiger partial charge in [0.15, 0.2) is 0 Å². The quantitative estimate of drug-likeness (QED) is 0.262. The van der Waals surface area contributed by atoms with Crippen molar-refractivity contribution in [3.63, 3.8) is 0 Å².